The number of phenolic OH excluding ortho intramolecular Hbond substituents is 1. The number of hydrogen-bond acceptors (Lipinski definition) is 3. The van der Waals surface area contributed by atoms with E-state index in [4.69, 9.17) is 0 Å². The van der Waals surface area contributed by atoms with E-state index in [1.807, 2.05) is 19.9 Å². The molecule has 0 unspecified atom stereocenters. The van der Waals surface area contributed by atoms with Gasteiger partial charge in [0.15, 0.2) is 0 Å². The summed E-state index contributed by atoms with van der Waals surface area (Å²) in [5.74, 6) is -1.50. The van der Waals surface area contributed by atoms with Crippen LogP contribution in [0.2, 0.25) is 0 Å². The third-order valence-corrected chi connectivity index (χ3v) is 4.56. The number of rotatable bonds is 11. The maximum absolute atomic E-state index is 11.6. The Morgan fingerprint density at radius 3 is 2.42 bits per heavy atom. The molecule has 0 radical (unpaired) electrons. The molecule has 3 N–H and O–H groups in total. The zero-order valence-corrected chi connectivity index (χ0v) is 16.3. The van der Waals surface area contributed by atoms with E-state index in [0.717, 1.165) is 49.7 Å². The van der Waals surface area contributed by atoms with E-state index in [1.165, 1.54) is 6.07 Å². The fourth-order valence-corrected chi connectivity index (χ4v) is 3.00. The number of aryl methyl sites for hydroxylation is 1. The highest BCUT2D eigenvalue weighted by molar-refractivity contribution is 5.93. The quantitative estimate of drug-likeness (QED) is 0.346. The molecule has 0 bridgehead atoms. The van der Waals surface area contributed by atoms with Crippen LogP contribution in [0.25, 0.3) is 0 Å². The lowest BCUT2D eigenvalue weighted by Crippen LogP contribution is -2.05. The summed E-state index contributed by atoms with van der Waals surface area (Å²) in [6, 6.07) is 1.50. The SMILES string of the molecule is C=C(C)CCC/C(C)=C\Cc1c(O)cc(CCCCC)c(C(=O)O)c1O. The molecule has 1 aromatic carbocycles. The highest BCUT2D eigenvalue weighted by atomic mass is 16.4. The van der Waals surface area contributed by atoms with E-state index in [1.54, 1.807) is 0 Å². The van der Waals surface area contributed by atoms with E-state index in [2.05, 4.69) is 13.5 Å². The number of phenols is 2. The van der Waals surface area contributed by atoms with Crippen molar-refractivity contribution in [3.8, 4) is 11.5 Å². The van der Waals surface area contributed by atoms with Crippen LogP contribution in [0.3, 0.4) is 0 Å². The number of carboxylic acid groups (broad SMARTS) is 1. The van der Waals surface area contributed by atoms with Crippen molar-refractivity contribution in [2.75, 3.05) is 0 Å². The smallest absolute Gasteiger partial charge is 0.339 e. The van der Waals surface area contributed by atoms with E-state index < -0.39 is 5.97 Å². The van der Waals surface area contributed by atoms with Gasteiger partial charge in [-0.15, -0.1) is 6.58 Å². The summed E-state index contributed by atoms with van der Waals surface area (Å²) >= 11 is 0. The molecule has 0 aliphatic rings. The van der Waals surface area contributed by atoms with Gasteiger partial charge in [-0.1, -0.05) is 37.0 Å². The molecule has 0 aromatic heterocycles. The summed E-state index contributed by atoms with van der Waals surface area (Å²) in [6.45, 7) is 9.97. The first kappa shape index (κ1) is 21.8. The Morgan fingerprint density at radius 2 is 1.85 bits per heavy atom. The van der Waals surface area contributed by atoms with Crippen LogP contribution in [-0.2, 0) is 12.8 Å². The Bertz CT molecular complexity index is 671. The fraction of sp³-hybridized carbons (Fsp3) is 0.500. The monoisotopic (exact) mass is 360 g/mol. The summed E-state index contributed by atoms with van der Waals surface area (Å²) < 4.78 is 0. The lowest BCUT2D eigenvalue weighted by Gasteiger charge is -2.14. The molecule has 0 fully saturated rings. The van der Waals surface area contributed by atoms with E-state index >= 15 is 0 Å². The second-order valence-corrected chi connectivity index (χ2v) is 7.08. The minimum absolute atomic E-state index is 0.0371. The Labute approximate surface area is 156 Å². The number of hydrogen-bond donors (Lipinski definition) is 3. The van der Waals surface area contributed by atoms with Crippen LogP contribution < -0.4 is 0 Å². The maximum Gasteiger partial charge on any atom is 0.339 e. The Balaban J connectivity index is 2.99. The summed E-state index contributed by atoms with van der Waals surface area (Å²) in [5.41, 5.74) is 2.99. The van der Waals surface area contributed by atoms with Crippen molar-refractivity contribution in [2.24, 2.45) is 0 Å². The van der Waals surface area contributed by atoms with E-state index in [0.29, 0.717) is 18.4 Å². The minimum Gasteiger partial charge on any atom is -0.508 e. The predicted molar refractivity (Wildman–Crippen MR) is 106 cm³/mol. The molecular weight excluding hydrogens is 328 g/mol. The lowest BCUT2D eigenvalue weighted by atomic mass is 9.94. The standard InChI is InChI=1S/C22H32O4/c1-5-6-7-11-17-14-19(23)18(21(24)20(17)22(25)26)13-12-16(4)10-8-9-15(2)3/h12,14,23-24H,2,5-11,13H2,1,3-4H3,(H,25,26)/b16-12-. The third kappa shape index (κ3) is 6.58. The zero-order chi connectivity index (χ0) is 19.7. The van der Waals surface area contributed by atoms with Gasteiger partial charge in [0.1, 0.15) is 17.1 Å². The summed E-state index contributed by atoms with van der Waals surface area (Å²) in [7, 11) is 0. The Morgan fingerprint density at radius 1 is 1.15 bits per heavy atom. The number of aromatic carboxylic acids is 1. The molecule has 0 spiro atoms. The molecule has 4 nitrogen and oxygen atoms in total. The van der Waals surface area contributed by atoms with Crippen LogP contribution in [0.5, 0.6) is 11.5 Å². The Kier molecular flexibility index (Phi) is 8.97. The summed E-state index contributed by atoms with van der Waals surface area (Å²) in [5, 5.41) is 30.3. The average molecular weight is 360 g/mol. The molecule has 1 aromatic rings. The first-order valence-electron chi connectivity index (χ1n) is 9.37. The number of unbranched alkanes of at least 4 members (excludes halogenated alkanes) is 2. The first-order chi connectivity index (χ1) is 12.3. The van der Waals surface area contributed by atoms with Crippen LogP contribution in [0.4, 0.5) is 0 Å². The van der Waals surface area contributed by atoms with E-state index in [9.17, 15) is 20.1 Å². The second-order valence-electron chi connectivity index (χ2n) is 7.08. The van der Waals surface area contributed by atoms with Gasteiger partial charge in [-0.3, -0.25) is 0 Å². The van der Waals surface area contributed by atoms with Gasteiger partial charge >= 0.3 is 5.97 Å². The van der Waals surface area contributed by atoms with Crippen molar-refractivity contribution >= 4 is 5.97 Å². The largest absolute Gasteiger partial charge is 0.508 e. The third-order valence-electron chi connectivity index (χ3n) is 4.56. The number of carboxylic acids is 1. The molecule has 1 rings (SSSR count). The maximum atomic E-state index is 11.6. The minimum atomic E-state index is -1.16. The van der Waals surface area contributed by atoms with Gasteiger partial charge in [0.2, 0.25) is 0 Å². The van der Waals surface area contributed by atoms with Gasteiger partial charge in [-0.05, 0) is 64.0 Å². The molecule has 0 atom stereocenters. The number of carbonyl (C=O) groups is 1. The summed E-state index contributed by atoms with van der Waals surface area (Å²) in [6.07, 6.45) is 8.51. The zero-order valence-electron chi connectivity index (χ0n) is 16.3. The molecule has 144 valence electrons. The van der Waals surface area contributed by atoms with E-state index in [-0.39, 0.29) is 22.6 Å². The van der Waals surface area contributed by atoms with Crippen molar-refractivity contribution in [3.63, 3.8) is 0 Å². The molecule has 0 aliphatic heterocycles. The van der Waals surface area contributed by atoms with Crippen LogP contribution in [-0.4, -0.2) is 21.3 Å². The predicted octanol–water partition coefficient (Wildman–Crippen LogP) is 5.76. The molecule has 0 aliphatic carbocycles. The van der Waals surface area contributed by atoms with Gasteiger partial charge in [0, 0.05) is 5.56 Å². The van der Waals surface area contributed by atoms with Crippen molar-refractivity contribution in [2.45, 2.75) is 72.1 Å². The fourth-order valence-electron chi connectivity index (χ4n) is 3.00. The second kappa shape index (κ2) is 10.7. The van der Waals surface area contributed by atoms with Crippen LogP contribution in [0.1, 0.15) is 80.8 Å². The van der Waals surface area contributed by atoms with Crippen molar-refractivity contribution < 1.29 is 20.1 Å². The number of allylic oxidation sites excluding steroid dienone is 3. The molecule has 0 saturated carbocycles. The Hall–Kier alpha value is -2.23. The van der Waals surface area contributed by atoms with Crippen LogP contribution >= 0.6 is 0 Å². The van der Waals surface area contributed by atoms with Gasteiger partial charge in [0.05, 0.1) is 0 Å². The molecule has 0 saturated heterocycles. The molecule has 0 heterocycles. The van der Waals surface area contributed by atoms with Crippen molar-refractivity contribution in [3.05, 3.63) is 46.6 Å². The van der Waals surface area contributed by atoms with Crippen molar-refractivity contribution in [1.29, 1.82) is 0 Å². The highest BCUT2D eigenvalue weighted by Gasteiger charge is 2.21. The highest BCUT2D eigenvalue weighted by Crippen LogP contribution is 2.35. The molecule has 26 heavy (non-hydrogen) atoms. The van der Waals surface area contributed by atoms with Crippen LogP contribution in [0.15, 0.2) is 29.9 Å². The average Bonchev–Trinajstić information content (AvgIpc) is 2.53. The lowest BCUT2D eigenvalue weighted by molar-refractivity contribution is 0.0692. The number of benzene rings is 1. The van der Waals surface area contributed by atoms with Gasteiger partial charge in [-0.25, -0.2) is 4.79 Å². The van der Waals surface area contributed by atoms with Crippen LogP contribution in [0, 0.1) is 0 Å². The van der Waals surface area contributed by atoms with Gasteiger partial charge < -0.3 is 15.3 Å². The summed E-state index contributed by atoms with van der Waals surface area (Å²) in [4.78, 5) is 11.6. The molecule has 0 amide bonds. The normalized spacial score (nSPS) is 11.6. The number of aromatic hydroxyl groups is 2. The molecular formula is C22H32O4. The first-order valence-corrected chi connectivity index (χ1v) is 9.37. The van der Waals surface area contributed by atoms with Gasteiger partial charge in [-0.2, -0.15) is 0 Å². The topological polar surface area (TPSA) is 77.8 Å². The molecule has 4 heteroatoms. The van der Waals surface area contributed by atoms with Gasteiger partial charge in [0.25, 0.3) is 0 Å². The van der Waals surface area contributed by atoms with Crippen molar-refractivity contribution in [1.82, 2.24) is 0 Å².